The summed E-state index contributed by atoms with van der Waals surface area (Å²) in [5.41, 5.74) is -0.955. The molecule has 1 saturated carbocycles. The van der Waals surface area contributed by atoms with E-state index in [0.29, 0.717) is 18.8 Å². The van der Waals surface area contributed by atoms with E-state index in [1.165, 1.54) is 0 Å². The predicted molar refractivity (Wildman–Crippen MR) is 75.6 cm³/mol. The van der Waals surface area contributed by atoms with E-state index in [4.69, 9.17) is 0 Å². The molecule has 1 aliphatic carbocycles. The molecule has 1 aliphatic rings. The molecular formula is C13H25NO5S. The van der Waals surface area contributed by atoms with Crippen molar-refractivity contribution in [2.24, 2.45) is 5.92 Å². The highest BCUT2D eigenvalue weighted by molar-refractivity contribution is 7.89. The standard InChI is InChI=1S/C13H25NO5S/c1-3-19-12(15)6-9-20(17,18)14-10-13(16)7-4-11(2)5-8-13/h11,14,16H,3-10H2,1-2H3. The Hall–Kier alpha value is -0.660. The maximum absolute atomic E-state index is 11.8. The maximum atomic E-state index is 11.8. The van der Waals surface area contributed by atoms with Gasteiger partial charge in [0.1, 0.15) is 0 Å². The Kier molecular flexibility index (Phi) is 6.42. The first-order chi connectivity index (χ1) is 9.26. The number of carbonyl (C=O) groups excluding carboxylic acids is 1. The third-order valence-corrected chi connectivity index (χ3v) is 5.03. The van der Waals surface area contributed by atoms with Gasteiger partial charge >= 0.3 is 5.97 Å². The van der Waals surface area contributed by atoms with Gasteiger partial charge in [0.15, 0.2) is 0 Å². The molecule has 0 aliphatic heterocycles. The minimum absolute atomic E-state index is 0.0187. The first-order valence-corrected chi connectivity index (χ1v) is 8.77. The molecule has 0 atom stereocenters. The molecule has 1 rings (SSSR count). The Balaban J connectivity index is 2.37. The van der Waals surface area contributed by atoms with Crippen LogP contribution in [-0.4, -0.2) is 44.0 Å². The lowest BCUT2D eigenvalue weighted by Crippen LogP contribution is -2.45. The van der Waals surface area contributed by atoms with E-state index >= 15 is 0 Å². The van der Waals surface area contributed by atoms with Crippen LogP contribution in [0.1, 0.15) is 46.0 Å². The SMILES string of the molecule is CCOC(=O)CCS(=O)(=O)NCC1(O)CCC(C)CC1. The summed E-state index contributed by atoms with van der Waals surface area (Å²) in [7, 11) is -3.56. The Morgan fingerprint density at radius 3 is 2.55 bits per heavy atom. The van der Waals surface area contributed by atoms with E-state index in [2.05, 4.69) is 16.4 Å². The van der Waals surface area contributed by atoms with Crippen LogP contribution in [0.15, 0.2) is 0 Å². The summed E-state index contributed by atoms with van der Waals surface area (Å²) in [6, 6.07) is 0. The van der Waals surface area contributed by atoms with Gasteiger partial charge in [-0.1, -0.05) is 6.92 Å². The second-order valence-corrected chi connectivity index (χ2v) is 7.53. The number of ether oxygens (including phenoxy) is 1. The van der Waals surface area contributed by atoms with E-state index in [0.717, 1.165) is 12.8 Å². The molecule has 2 N–H and O–H groups in total. The normalized spacial score (nSPS) is 27.2. The molecule has 0 bridgehead atoms. The van der Waals surface area contributed by atoms with Crippen LogP contribution >= 0.6 is 0 Å². The largest absolute Gasteiger partial charge is 0.466 e. The average Bonchev–Trinajstić information content (AvgIpc) is 2.39. The van der Waals surface area contributed by atoms with E-state index < -0.39 is 21.6 Å². The monoisotopic (exact) mass is 307 g/mol. The van der Waals surface area contributed by atoms with Crippen LogP contribution in [0.2, 0.25) is 0 Å². The fraction of sp³-hybridized carbons (Fsp3) is 0.923. The highest BCUT2D eigenvalue weighted by Gasteiger charge is 2.32. The summed E-state index contributed by atoms with van der Waals surface area (Å²) in [6.45, 7) is 4.06. The summed E-state index contributed by atoms with van der Waals surface area (Å²) in [4.78, 5) is 11.1. The molecule has 20 heavy (non-hydrogen) atoms. The number of rotatable bonds is 7. The van der Waals surface area contributed by atoms with Crippen LogP contribution < -0.4 is 4.72 Å². The zero-order valence-electron chi connectivity index (χ0n) is 12.2. The van der Waals surface area contributed by atoms with Gasteiger partial charge in [0.2, 0.25) is 10.0 Å². The average molecular weight is 307 g/mol. The van der Waals surface area contributed by atoms with Gasteiger partial charge in [-0.2, -0.15) is 0 Å². The fourth-order valence-corrected chi connectivity index (χ4v) is 3.31. The van der Waals surface area contributed by atoms with Crippen molar-refractivity contribution in [2.75, 3.05) is 18.9 Å². The molecule has 0 radical (unpaired) electrons. The molecule has 0 heterocycles. The number of sulfonamides is 1. The Labute approximate surface area is 120 Å². The van der Waals surface area contributed by atoms with E-state index in [1.54, 1.807) is 6.92 Å². The topological polar surface area (TPSA) is 92.7 Å². The third-order valence-electron chi connectivity index (χ3n) is 3.71. The third kappa shape index (κ3) is 6.19. The van der Waals surface area contributed by atoms with Crippen LogP contribution in [0.25, 0.3) is 0 Å². The van der Waals surface area contributed by atoms with Crippen molar-refractivity contribution in [3.05, 3.63) is 0 Å². The second kappa shape index (κ2) is 7.38. The smallest absolute Gasteiger partial charge is 0.306 e. The molecule has 0 saturated heterocycles. The zero-order chi connectivity index (χ0) is 15.2. The van der Waals surface area contributed by atoms with E-state index in [-0.39, 0.29) is 25.3 Å². The first kappa shape index (κ1) is 17.4. The maximum Gasteiger partial charge on any atom is 0.306 e. The van der Waals surface area contributed by atoms with Crippen molar-refractivity contribution in [2.45, 2.75) is 51.6 Å². The van der Waals surface area contributed by atoms with Crippen molar-refractivity contribution in [3.63, 3.8) is 0 Å². The molecule has 118 valence electrons. The van der Waals surface area contributed by atoms with Crippen molar-refractivity contribution >= 4 is 16.0 Å². The Morgan fingerprint density at radius 1 is 1.40 bits per heavy atom. The lowest BCUT2D eigenvalue weighted by atomic mass is 9.80. The molecule has 7 heteroatoms. The fourth-order valence-electron chi connectivity index (χ4n) is 2.24. The molecule has 0 aromatic rings. The summed E-state index contributed by atoms with van der Waals surface area (Å²) >= 11 is 0. The molecule has 0 amide bonds. The minimum Gasteiger partial charge on any atom is -0.466 e. The van der Waals surface area contributed by atoms with Crippen molar-refractivity contribution in [1.82, 2.24) is 4.72 Å². The number of hydrogen-bond acceptors (Lipinski definition) is 5. The van der Waals surface area contributed by atoms with Crippen LogP contribution in [0.3, 0.4) is 0 Å². The highest BCUT2D eigenvalue weighted by Crippen LogP contribution is 2.31. The molecule has 1 fully saturated rings. The van der Waals surface area contributed by atoms with Crippen molar-refractivity contribution < 1.29 is 23.1 Å². The van der Waals surface area contributed by atoms with Gasteiger partial charge in [-0.15, -0.1) is 0 Å². The second-order valence-electron chi connectivity index (χ2n) is 5.60. The van der Waals surface area contributed by atoms with Gasteiger partial charge in [-0.25, -0.2) is 13.1 Å². The van der Waals surface area contributed by atoms with Crippen LogP contribution in [0.4, 0.5) is 0 Å². The number of hydrogen-bond donors (Lipinski definition) is 2. The highest BCUT2D eigenvalue weighted by atomic mass is 32.2. The molecule has 0 spiro atoms. The van der Waals surface area contributed by atoms with Crippen LogP contribution in [-0.2, 0) is 19.6 Å². The van der Waals surface area contributed by atoms with Gasteiger partial charge in [-0.05, 0) is 38.5 Å². The van der Waals surface area contributed by atoms with Gasteiger partial charge in [0, 0.05) is 6.54 Å². The van der Waals surface area contributed by atoms with Gasteiger partial charge in [-0.3, -0.25) is 4.79 Å². The quantitative estimate of drug-likeness (QED) is 0.679. The number of aliphatic hydroxyl groups is 1. The molecule has 0 unspecified atom stereocenters. The van der Waals surface area contributed by atoms with Crippen LogP contribution in [0, 0.1) is 5.92 Å². The van der Waals surface area contributed by atoms with Gasteiger partial charge in [0.25, 0.3) is 0 Å². The number of esters is 1. The number of nitrogens with one attached hydrogen (secondary N) is 1. The van der Waals surface area contributed by atoms with E-state index in [9.17, 15) is 18.3 Å². The van der Waals surface area contributed by atoms with Gasteiger partial charge < -0.3 is 9.84 Å². The molecule has 0 aromatic carbocycles. The van der Waals surface area contributed by atoms with Crippen molar-refractivity contribution in [3.8, 4) is 0 Å². The lowest BCUT2D eigenvalue weighted by molar-refractivity contribution is -0.142. The number of carbonyl (C=O) groups is 1. The Morgan fingerprint density at radius 2 is 2.00 bits per heavy atom. The van der Waals surface area contributed by atoms with Crippen LogP contribution in [0.5, 0.6) is 0 Å². The van der Waals surface area contributed by atoms with Crippen molar-refractivity contribution in [1.29, 1.82) is 0 Å². The summed E-state index contributed by atoms with van der Waals surface area (Å²) in [5, 5.41) is 10.3. The summed E-state index contributed by atoms with van der Waals surface area (Å²) < 4.78 is 30.6. The first-order valence-electron chi connectivity index (χ1n) is 7.12. The lowest BCUT2D eigenvalue weighted by Gasteiger charge is -2.34. The minimum atomic E-state index is -3.56. The summed E-state index contributed by atoms with van der Waals surface area (Å²) in [5.74, 6) is -0.253. The summed E-state index contributed by atoms with van der Waals surface area (Å²) in [6.07, 6.45) is 2.85. The molecular weight excluding hydrogens is 282 g/mol. The molecule has 0 aromatic heterocycles. The predicted octanol–water partition coefficient (Wildman–Crippen LogP) is 0.800. The molecule has 6 nitrogen and oxygen atoms in total. The zero-order valence-corrected chi connectivity index (χ0v) is 13.0. The van der Waals surface area contributed by atoms with E-state index in [1.807, 2.05) is 0 Å². The van der Waals surface area contributed by atoms with Gasteiger partial charge in [0.05, 0.1) is 24.4 Å². The Bertz CT molecular complexity index is 412.